The van der Waals surface area contributed by atoms with Gasteiger partial charge in [-0.25, -0.2) is 8.42 Å². The quantitative estimate of drug-likeness (QED) is 0.711. The zero-order chi connectivity index (χ0) is 10.0. The molecular weight excluding hydrogens is 196 g/mol. The molecule has 0 bridgehead atoms. The fourth-order valence-electron chi connectivity index (χ4n) is 1.29. The predicted molar refractivity (Wildman–Crippen MR) is 55.8 cm³/mol. The standard InChI is InChI=1S/C11H12O2S/c12-14(13,9-8-10-6-7-10)11-4-2-1-3-5-11/h1-6H,7-9H2. The largest absolute Gasteiger partial charge is 0.224 e. The van der Waals surface area contributed by atoms with Crippen molar-refractivity contribution in [3.05, 3.63) is 42.0 Å². The molecule has 0 aliphatic heterocycles. The second-order valence-corrected chi connectivity index (χ2v) is 5.56. The monoisotopic (exact) mass is 208 g/mol. The van der Waals surface area contributed by atoms with Crippen LogP contribution in [0.5, 0.6) is 0 Å². The molecule has 74 valence electrons. The molecule has 2 nitrogen and oxygen atoms in total. The van der Waals surface area contributed by atoms with Crippen LogP contribution in [0.4, 0.5) is 0 Å². The summed E-state index contributed by atoms with van der Waals surface area (Å²) in [5.74, 6) is 0.239. The average Bonchev–Trinajstić information content (AvgIpc) is 3.00. The van der Waals surface area contributed by atoms with Crippen LogP contribution < -0.4 is 0 Å². The molecule has 0 atom stereocenters. The van der Waals surface area contributed by atoms with E-state index < -0.39 is 9.84 Å². The molecule has 0 heterocycles. The third-order valence-electron chi connectivity index (χ3n) is 2.29. The predicted octanol–water partition coefficient (Wildman–Crippen LogP) is 2.18. The molecule has 0 N–H and O–H groups in total. The summed E-state index contributed by atoms with van der Waals surface area (Å²) in [7, 11) is -3.06. The summed E-state index contributed by atoms with van der Waals surface area (Å²) in [5.41, 5.74) is 1.27. The van der Waals surface area contributed by atoms with Gasteiger partial charge in [-0.3, -0.25) is 0 Å². The van der Waals surface area contributed by atoms with Crippen LogP contribution >= 0.6 is 0 Å². The molecule has 1 aromatic carbocycles. The van der Waals surface area contributed by atoms with Crippen molar-refractivity contribution in [3.63, 3.8) is 0 Å². The lowest BCUT2D eigenvalue weighted by atomic mass is 10.4. The molecule has 0 saturated heterocycles. The van der Waals surface area contributed by atoms with E-state index in [1.165, 1.54) is 5.57 Å². The third kappa shape index (κ3) is 2.23. The molecular formula is C11H12O2S. The van der Waals surface area contributed by atoms with Crippen molar-refractivity contribution in [3.8, 4) is 0 Å². The third-order valence-corrected chi connectivity index (χ3v) is 4.02. The Balaban J connectivity index is 2.11. The van der Waals surface area contributed by atoms with Gasteiger partial charge in [0, 0.05) is 0 Å². The van der Waals surface area contributed by atoms with E-state index >= 15 is 0 Å². The van der Waals surface area contributed by atoms with Gasteiger partial charge in [0.2, 0.25) is 0 Å². The van der Waals surface area contributed by atoms with Crippen molar-refractivity contribution in [2.45, 2.75) is 17.7 Å². The van der Waals surface area contributed by atoms with Gasteiger partial charge in [0.15, 0.2) is 9.84 Å². The normalized spacial score (nSPS) is 15.0. The van der Waals surface area contributed by atoms with E-state index in [0.29, 0.717) is 11.3 Å². The molecule has 0 amide bonds. The molecule has 1 aliphatic carbocycles. The lowest BCUT2D eigenvalue weighted by Crippen LogP contribution is -2.06. The van der Waals surface area contributed by atoms with Crippen LogP contribution in [0, 0.1) is 0 Å². The number of rotatable bonds is 4. The number of hydrogen-bond acceptors (Lipinski definition) is 2. The minimum atomic E-state index is -3.06. The van der Waals surface area contributed by atoms with Gasteiger partial charge >= 0.3 is 0 Å². The molecule has 0 fully saturated rings. The molecule has 0 radical (unpaired) electrons. The van der Waals surface area contributed by atoms with Gasteiger partial charge in [-0.2, -0.15) is 0 Å². The van der Waals surface area contributed by atoms with Crippen LogP contribution in [0.25, 0.3) is 0 Å². The maximum atomic E-state index is 11.7. The summed E-state index contributed by atoms with van der Waals surface area (Å²) in [5, 5.41) is 0. The van der Waals surface area contributed by atoms with Crippen LogP contribution in [0.2, 0.25) is 0 Å². The minimum absolute atomic E-state index is 0.239. The minimum Gasteiger partial charge on any atom is -0.224 e. The Labute approximate surface area is 84.2 Å². The lowest BCUT2D eigenvalue weighted by molar-refractivity contribution is 0.595. The van der Waals surface area contributed by atoms with Crippen molar-refractivity contribution in [2.24, 2.45) is 0 Å². The highest BCUT2D eigenvalue weighted by molar-refractivity contribution is 7.91. The molecule has 0 unspecified atom stereocenters. The summed E-state index contributed by atoms with van der Waals surface area (Å²) < 4.78 is 23.5. The van der Waals surface area contributed by atoms with Gasteiger partial charge in [-0.05, 0) is 25.0 Å². The van der Waals surface area contributed by atoms with Gasteiger partial charge in [-0.1, -0.05) is 29.8 Å². The zero-order valence-electron chi connectivity index (χ0n) is 7.81. The first-order valence-corrected chi connectivity index (χ1v) is 6.29. The van der Waals surface area contributed by atoms with Gasteiger partial charge in [-0.15, -0.1) is 0 Å². The Hall–Kier alpha value is -1.09. The number of allylic oxidation sites excluding steroid dienone is 2. The Kier molecular flexibility index (Phi) is 2.42. The number of sulfone groups is 1. The highest BCUT2D eigenvalue weighted by Gasteiger charge is 2.16. The van der Waals surface area contributed by atoms with Crippen molar-refractivity contribution in [1.82, 2.24) is 0 Å². The van der Waals surface area contributed by atoms with Crippen LogP contribution in [0.15, 0.2) is 46.9 Å². The summed E-state index contributed by atoms with van der Waals surface area (Å²) >= 11 is 0. The maximum absolute atomic E-state index is 11.7. The van der Waals surface area contributed by atoms with E-state index in [0.717, 1.165) is 6.42 Å². The lowest BCUT2D eigenvalue weighted by Gasteiger charge is -2.01. The second-order valence-electron chi connectivity index (χ2n) is 3.45. The summed E-state index contributed by atoms with van der Waals surface area (Å²) in [6.45, 7) is 0. The molecule has 2 rings (SSSR count). The number of benzene rings is 1. The first-order valence-electron chi connectivity index (χ1n) is 4.64. The van der Waals surface area contributed by atoms with Crippen LogP contribution in [-0.4, -0.2) is 14.2 Å². The Morgan fingerprint density at radius 1 is 1.14 bits per heavy atom. The highest BCUT2D eigenvalue weighted by atomic mass is 32.2. The van der Waals surface area contributed by atoms with E-state index in [-0.39, 0.29) is 5.75 Å². The summed E-state index contributed by atoms with van der Waals surface area (Å²) in [4.78, 5) is 0.432. The van der Waals surface area contributed by atoms with E-state index in [4.69, 9.17) is 0 Å². The molecule has 0 spiro atoms. The van der Waals surface area contributed by atoms with Crippen LogP contribution in [0.1, 0.15) is 12.8 Å². The van der Waals surface area contributed by atoms with E-state index in [9.17, 15) is 8.42 Å². The molecule has 3 heteroatoms. The molecule has 0 saturated carbocycles. The summed E-state index contributed by atoms with van der Waals surface area (Å²) in [6, 6.07) is 8.63. The first kappa shape index (κ1) is 9.46. The van der Waals surface area contributed by atoms with Crippen molar-refractivity contribution in [1.29, 1.82) is 0 Å². The first-order chi connectivity index (χ1) is 6.68. The van der Waals surface area contributed by atoms with Crippen molar-refractivity contribution in [2.75, 3.05) is 5.75 Å². The Morgan fingerprint density at radius 2 is 1.79 bits per heavy atom. The van der Waals surface area contributed by atoms with Crippen LogP contribution in [0.3, 0.4) is 0 Å². The van der Waals surface area contributed by atoms with Gasteiger partial charge in [0.25, 0.3) is 0 Å². The van der Waals surface area contributed by atoms with E-state index in [2.05, 4.69) is 6.08 Å². The van der Waals surface area contributed by atoms with Crippen molar-refractivity contribution < 1.29 is 8.42 Å². The van der Waals surface area contributed by atoms with Gasteiger partial charge < -0.3 is 0 Å². The van der Waals surface area contributed by atoms with Gasteiger partial charge in [0.1, 0.15) is 0 Å². The van der Waals surface area contributed by atoms with E-state index in [1.54, 1.807) is 24.3 Å². The smallest absolute Gasteiger partial charge is 0.178 e. The average molecular weight is 208 g/mol. The highest BCUT2D eigenvalue weighted by Crippen LogP contribution is 2.24. The van der Waals surface area contributed by atoms with Crippen molar-refractivity contribution >= 4 is 9.84 Å². The zero-order valence-corrected chi connectivity index (χ0v) is 8.63. The summed E-state index contributed by atoms with van der Waals surface area (Å²) in [6.07, 6.45) is 3.77. The van der Waals surface area contributed by atoms with Gasteiger partial charge in [0.05, 0.1) is 10.6 Å². The maximum Gasteiger partial charge on any atom is 0.178 e. The Morgan fingerprint density at radius 3 is 2.36 bits per heavy atom. The Bertz CT molecular complexity index is 443. The fourth-order valence-corrected chi connectivity index (χ4v) is 2.63. The fraction of sp³-hybridized carbons (Fsp3) is 0.273. The van der Waals surface area contributed by atoms with Crippen LogP contribution in [-0.2, 0) is 9.84 Å². The topological polar surface area (TPSA) is 34.1 Å². The molecule has 0 aromatic heterocycles. The molecule has 14 heavy (non-hydrogen) atoms. The second kappa shape index (κ2) is 3.58. The number of hydrogen-bond donors (Lipinski definition) is 0. The molecule has 1 aliphatic rings. The van der Waals surface area contributed by atoms with E-state index in [1.807, 2.05) is 6.07 Å². The molecule has 1 aromatic rings. The SMILES string of the molecule is O=S(=O)(CCC1=CC1)c1ccccc1.